The number of aromatic nitrogens is 4. The maximum absolute atomic E-state index is 10.5. The molecule has 0 aromatic carbocycles. The molecule has 1 rings (SSSR count). The summed E-state index contributed by atoms with van der Waals surface area (Å²) in [6.07, 6.45) is 0. The van der Waals surface area contributed by atoms with E-state index in [1.54, 1.807) is 0 Å². The van der Waals surface area contributed by atoms with E-state index in [1.807, 2.05) is 13.8 Å². The fourth-order valence-corrected chi connectivity index (χ4v) is 0.827. The summed E-state index contributed by atoms with van der Waals surface area (Å²) in [5.74, 6) is -0.879. The molecule has 0 saturated carbocycles. The van der Waals surface area contributed by atoms with Crippen LogP contribution in [0, 0.1) is 5.92 Å². The zero-order valence-corrected chi connectivity index (χ0v) is 6.93. The summed E-state index contributed by atoms with van der Waals surface area (Å²) in [5.41, 5.74) is 0. The van der Waals surface area contributed by atoms with E-state index in [2.05, 4.69) is 15.5 Å². The van der Waals surface area contributed by atoms with Gasteiger partial charge in [-0.05, 0) is 16.3 Å². The van der Waals surface area contributed by atoms with E-state index in [0.717, 1.165) is 0 Å². The SMILES string of the molecule is CC(C)Cn1nnnc1C(=O)O. The predicted octanol–water partition coefficient (Wildman–Crippen LogP) is 0.0273. The molecule has 0 fully saturated rings. The molecule has 0 saturated heterocycles. The van der Waals surface area contributed by atoms with Crippen molar-refractivity contribution in [3.05, 3.63) is 5.82 Å². The molecule has 66 valence electrons. The van der Waals surface area contributed by atoms with E-state index in [-0.39, 0.29) is 5.82 Å². The number of aromatic carboxylic acids is 1. The summed E-state index contributed by atoms with van der Waals surface area (Å²) < 4.78 is 1.28. The monoisotopic (exact) mass is 170 g/mol. The lowest BCUT2D eigenvalue weighted by Gasteiger charge is -2.03. The summed E-state index contributed by atoms with van der Waals surface area (Å²) in [4.78, 5) is 10.5. The second-order valence-corrected chi connectivity index (χ2v) is 2.88. The van der Waals surface area contributed by atoms with Crippen molar-refractivity contribution in [2.24, 2.45) is 5.92 Å². The van der Waals surface area contributed by atoms with Crippen LogP contribution in [0.15, 0.2) is 0 Å². The first-order valence-corrected chi connectivity index (χ1v) is 3.60. The van der Waals surface area contributed by atoms with Crippen molar-refractivity contribution in [3.8, 4) is 0 Å². The average Bonchev–Trinajstić information content (AvgIpc) is 2.33. The molecule has 0 amide bonds. The van der Waals surface area contributed by atoms with Crippen LogP contribution in [0.5, 0.6) is 0 Å². The number of tetrazole rings is 1. The molecule has 1 heterocycles. The van der Waals surface area contributed by atoms with E-state index in [4.69, 9.17) is 5.11 Å². The van der Waals surface area contributed by atoms with Crippen LogP contribution in [0.4, 0.5) is 0 Å². The number of hydrogen-bond donors (Lipinski definition) is 1. The Morgan fingerprint density at radius 3 is 2.83 bits per heavy atom. The first-order valence-electron chi connectivity index (χ1n) is 3.60. The number of carboxylic acid groups (broad SMARTS) is 1. The highest BCUT2D eigenvalue weighted by molar-refractivity contribution is 5.82. The second kappa shape index (κ2) is 3.29. The Kier molecular flexibility index (Phi) is 2.37. The van der Waals surface area contributed by atoms with E-state index < -0.39 is 5.97 Å². The molecule has 1 N–H and O–H groups in total. The third-order valence-corrected chi connectivity index (χ3v) is 1.26. The Morgan fingerprint density at radius 2 is 2.33 bits per heavy atom. The topological polar surface area (TPSA) is 80.9 Å². The number of carboxylic acids is 1. The molecule has 6 nitrogen and oxygen atoms in total. The predicted molar refractivity (Wildman–Crippen MR) is 39.6 cm³/mol. The van der Waals surface area contributed by atoms with E-state index in [1.165, 1.54) is 4.68 Å². The first-order chi connectivity index (χ1) is 5.61. The highest BCUT2D eigenvalue weighted by atomic mass is 16.4. The zero-order valence-electron chi connectivity index (χ0n) is 6.93. The lowest BCUT2D eigenvalue weighted by molar-refractivity contribution is 0.0675. The molecular weight excluding hydrogens is 160 g/mol. The molecule has 0 atom stereocenters. The summed E-state index contributed by atoms with van der Waals surface area (Å²) >= 11 is 0. The molecule has 1 aromatic rings. The van der Waals surface area contributed by atoms with Gasteiger partial charge in [-0.2, -0.15) is 0 Å². The highest BCUT2D eigenvalue weighted by Gasteiger charge is 2.13. The van der Waals surface area contributed by atoms with Crippen LogP contribution < -0.4 is 0 Å². The number of rotatable bonds is 3. The van der Waals surface area contributed by atoms with Crippen molar-refractivity contribution in [2.45, 2.75) is 20.4 Å². The molecule has 0 aliphatic rings. The third kappa shape index (κ3) is 1.77. The summed E-state index contributed by atoms with van der Waals surface area (Å²) in [5, 5.41) is 18.8. The van der Waals surface area contributed by atoms with Gasteiger partial charge in [-0.3, -0.25) is 0 Å². The van der Waals surface area contributed by atoms with Crippen LogP contribution in [0.25, 0.3) is 0 Å². The third-order valence-electron chi connectivity index (χ3n) is 1.26. The van der Waals surface area contributed by atoms with Crippen molar-refractivity contribution in [3.63, 3.8) is 0 Å². The van der Waals surface area contributed by atoms with Gasteiger partial charge in [0.2, 0.25) is 0 Å². The van der Waals surface area contributed by atoms with Crippen molar-refractivity contribution >= 4 is 5.97 Å². The lowest BCUT2D eigenvalue weighted by Crippen LogP contribution is -2.14. The van der Waals surface area contributed by atoms with Gasteiger partial charge in [-0.1, -0.05) is 13.8 Å². The smallest absolute Gasteiger partial charge is 0.375 e. The van der Waals surface area contributed by atoms with Crippen molar-refractivity contribution < 1.29 is 9.90 Å². The van der Waals surface area contributed by atoms with Gasteiger partial charge in [0, 0.05) is 6.54 Å². The Balaban J connectivity index is 2.84. The Bertz CT molecular complexity index is 281. The number of nitrogens with zero attached hydrogens (tertiary/aromatic N) is 4. The summed E-state index contributed by atoms with van der Waals surface area (Å²) in [6, 6.07) is 0. The molecule has 0 bridgehead atoms. The number of hydrogen-bond acceptors (Lipinski definition) is 4. The van der Waals surface area contributed by atoms with Gasteiger partial charge in [0.25, 0.3) is 5.82 Å². The fourth-order valence-electron chi connectivity index (χ4n) is 0.827. The summed E-state index contributed by atoms with van der Waals surface area (Å²) in [7, 11) is 0. The van der Waals surface area contributed by atoms with Crippen molar-refractivity contribution in [1.82, 2.24) is 20.2 Å². The van der Waals surface area contributed by atoms with Gasteiger partial charge in [-0.15, -0.1) is 5.10 Å². The number of carbonyl (C=O) groups is 1. The minimum atomic E-state index is -1.10. The standard InChI is InChI=1S/C6H10N4O2/c1-4(2)3-10-5(6(11)12)7-8-9-10/h4H,3H2,1-2H3,(H,11,12). The van der Waals surface area contributed by atoms with Crippen LogP contribution in [0.1, 0.15) is 24.5 Å². The Labute approximate surface area is 69.2 Å². The van der Waals surface area contributed by atoms with Gasteiger partial charge in [0.15, 0.2) is 0 Å². The highest BCUT2D eigenvalue weighted by Crippen LogP contribution is 1.99. The molecule has 12 heavy (non-hydrogen) atoms. The van der Waals surface area contributed by atoms with Crippen LogP contribution in [-0.2, 0) is 6.54 Å². The summed E-state index contributed by atoms with van der Waals surface area (Å²) in [6.45, 7) is 4.45. The maximum atomic E-state index is 10.5. The van der Waals surface area contributed by atoms with E-state index >= 15 is 0 Å². The molecule has 0 unspecified atom stereocenters. The van der Waals surface area contributed by atoms with E-state index in [9.17, 15) is 4.79 Å². The normalized spacial score (nSPS) is 10.6. The van der Waals surface area contributed by atoms with E-state index in [0.29, 0.717) is 12.5 Å². The van der Waals surface area contributed by atoms with Crippen LogP contribution in [0.3, 0.4) is 0 Å². The van der Waals surface area contributed by atoms with Crippen LogP contribution >= 0.6 is 0 Å². The van der Waals surface area contributed by atoms with Crippen LogP contribution in [-0.4, -0.2) is 31.3 Å². The van der Waals surface area contributed by atoms with Gasteiger partial charge in [-0.25, -0.2) is 9.48 Å². The van der Waals surface area contributed by atoms with Crippen molar-refractivity contribution in [2.75, 3.05) is 0 Å². The van der Waals surface area contributed by atoms with Gasteiger partial charge in [0.05, 0.1) is 0 Å². The minimum Gasteiger partial charge on any atom is -0.475 e. The maximum Gasteiger partial charge on any atom is 0.375 e. The fraction of sp³-hybridized carbons (Fsp3) is 0.667. The second-order valence-electron chi connectivity index (χ2n) is 2.88. The quantitative estimate of drug-likeness (QED) is 0.692. The molecule has 6 heteroatoms. The van der Waals surface area contributed by atoms with Crippen LogP contribution in [0.2, 0.25) is 0 Å². The molecule has 0 radical (unpaired) electrons. The zero-order chi connectivity index (χ0) is 9.14. The van der Waals surface area contributed by atoms with Crippen molar-refractivity contribution in [1.29, 1.82) is 0 Å². The Hall–Kier alpha value is -1.46. The molecular formula is C6H10N4O2. The molecule has 0 aliphatic heterocycles. The molecule has 1 aromatic heterocycles. The van der Waals surface area contributed by atoms with Gasteiger partial charge < -0.3 is 5.11 Å². The largest absolute Gasteiger partial charge is 0.475 e. The van der Waals surface area contributed by atoms with Gasteiger partial charge >= 0.3 is 5.97 Å². The Morgan fingerprint density at radius 1 is 1.67 bits per heavy atom. The molecule has 0 aliphatic carbocycles. The molecule has 0 spiro atoms. The average molecular weight is 170 g/mol. The lowest BCUT2D eigenvalue weighted by atomic mass is 10.2. The van der Waals surface area contributed by atoms with Gasteiger partial charge in [0.1, 0.15) is 0 Å². The first kappa shape index (κ1) is 8.63. The minimum absolute atomic E-state index is 0.108.